The van der Waals surface area contributed by atoms with Crippen LogP contribution in [0.15, 0.2) is 28.7 Å². The third-order valence-corrected chi connectivity index (χ3v) is 5.05. The Morgan fingerprint density at radius 2 is 1.94 bits per heavy atom. The summed E-state index contributed by atoms with van der Waals surface area (Å²) in [6.45, 7) is 7.29. The lowest BCUT2D eigenvalue weighted by atomic mass is 10.0. The summed E-state index contributed by atoms with van der Waals surface area (Å²) in [4.78, 5) is 5.33. The van der Waals surface area contributed by atoms with Crippen LogP contribution in [-0.4, -0.2) is 41.5 Å². The third kappa shape index (κ3) is 2.49. The second kappa shape index (κ2) is 5.32. The molecule has 0 bridgehead atoms. The average molecular weight is 309 g/mol. The number of piperazine rings is 1. The van der Waals surface area contributed by atoms with Crippen molar-refractivity contribution in [1.82, 2.24) is 9.80 Å². The molecule has 2 fully saturated rings. The van der Waals surface area contributed by atoms with E-state index in [9.17, 15) is 0 Å². The molecular weight excluding hydrogens is 288 g/mol. The van der Waals surface area contributed by atoms with Crippen molar-refractivity contribution in [1.29, 1.82) is 0 Å². The molecule has 3 heteroatoms. The first-order chi connectivity index (χ1) is 8.74. The van der Waals surface area contributed by atoms with Gasteiger partial charge in [-0.05, 0) is 44.0 Å². The van der Waals surface area contributed by atoms with Crippen LogP contribution in [0, 0.1) is 0 Å². The number of hydrogen-bond acceptors (Lipinski definition) is 2. The van der Waals surface area contributed by atoms with Crippen LogP contribution < -0.4 is 0 Å². The predicted molar refractivity (Wildman–Crippen MR) is 78.6 cm³/mol. The Labute approximate surface area is 118 Å². The van der Waals surface area contributed by atoms with Gasteiger partial charge in [0.2, 0.25) is 0 Å². The standard InChI is InChI=1S/C15H21BrN2/c1-12-15-3-2-8-17(15)9-10-18(12)11-13-4-6-14(16)7-5-13/h4-7,12,15H,2-3,8-11H2,1H3. The molecule has 0 saturated carbocycles. The maximum absolute atomic E-state index is 3.50. The summed E-state index contributed by atoms with van der Waals surface area (Å²) in [6.07, 6.45) is 2.78. The molecule has 98 valence electrons. The van der Waals surface area contributed by atoms with Crippen molar-refractivity contribution >= 4 is 15.9 Å². The van der Waals surface area contributed by atoms with Gasteiger partial charge in [0.05, 0.1) is 0 Å². The van der Waals surface area contributed by atoms with Gasteiger partial charge in [-0.15, -0.1) is 0 Å². The number of nitrogens with zero attached hydrogens (tertiary/aromatic N) is 2. The van der Waals surface area contributed by atoms with Gasteiger partial charge < -0.3 is 0 Å². The second-order valence-corrected chi connectivity index (χ2v) is 6.50. The van der Waals surface area contributed by atoms with Crippen molar-refractivity contribution in [2.45, 2.75) is 38.4 Å². The lowest BCUT2D eigenvalue weighted by molar-refractivity contribution is 0.0470. The normalized spacial score (nSPS) is 29.4. The fraction of sp³-hybridized carbons (Fsp3) is 0.600. The molecular formula is C15H21BrN2. The summed E-state index contributed by atoms with van der Waals surface area (Å²) in [5.74, 6) is 0. The lowest BCUT2D eigenvalue weighted by Crippen LogP contribution is -2.55. The van der Waals surface area contributed by atoms with Crippen LogP contribution in [0.2, 0.25) is 0 Å². The Morgan fingerprint density at radius 3 is 2.72 bits per heavy atom. The van der Waals surface area contributed by atoms with E-state index in [0.29, 0.717) is 6.04 Å². The first kappa shape index (κ1) is 12.6. The average Bonchev–Trinajstić information content (AvgIpc) is 2.84. The Bertz CT molecular complexity index is 403. The molecule has 2 saturated heterocycles. The van der Waals surface area contributed by atoms with E-state index < -0.39 is 0 Å². The predicted octanol–water partition coefficient (Wildman–Crippen LogP) is 3.12. The van der Waals surface area contributed by atoms with E-state index in [4.69, 9.17) is 0 Å². The van der Waals surface area contributed by atoms with Gasteiger partial charge in [0, 0.05) is 36.2 Å². The molecule has 1 aromatic rings. The highest BCUT2D eigenvalue weighted by Gasteiger charge is 2.36. The number of rotatable bonds is 2. The highest BCUT2D eigenvalue weighted by molar-refractivity contribution is 9.10. The Morgan fingerprint density at radius 1 is 1.17 bits per heavy atom. The highest BCUT2D eigenvalue weighted by atomic mass is 79.9. The quantitative estimate of drug-likeness (QED) is 0.828. The van der Waals surface area contributed by atoms with Gasteiger partial charge in [0.25, 0.3) is 0 Å². The molecule has 0 spiro atoms. The largest absolute Gasteiger partial charge is 0.298 e. The highest BCUT2D eigenvalue weighted by Crippen LogP contribution is 2.27. The summed E-state index contributed by atoms with van der Waals surface area (Å²) in [5, 5.41) is 0. The van der Waals surface area contributed by atoms with Crippen molar-refractivity contribution in [2.24, 2.45) is 0 Å². The smallest absolute Gasteiger partial charge is 0.0250 e. The van der Waals surface area contributed by atoms with E-state index in [0.717, 1.165) is 12.6 Å². The van der Waals surface area contributed by atoms with Crippen molar-refractivity contribution in [3.8, 4) is 0 Å². The minimum absolute atomic E-state index is 0.699. The Kier molecular flexibility index (Phi) is 3.73. The minimum Gasteiger partial charge on any atom is -0.298 e. The number of fused-ring (bicyclic) bond motifs is 1. The van der Waals surface area contributed by atoms with E-state index in [2.05, 4.69) is 56.9 Å². The van der Waals surface area contributed by atoms with Crippen LogP contribution in [0.5, 0.6) is 0 Å². The molecule has 18 heavy (non-hydrogen) atoms. The van der Waals surface area contributed by atoms with Crippen molar-refractivity contribution in [3.63, 3.8) is 0 Å². The summed E-state index contributed by atoms with van der Waals surface area (Å²) < 4.78 is 1.17. The zero-order chi connectivity index (χ0) is 12.5. The van der Waals surface area contributed by atoms with Gasteiger partial charge >= 0.3 is 0 Å². The van der Waals surface area contributed by atoms with Crippen LogP contribution in [0.25, 0.3) is 0 Å². The first-order valence-electron chi connectivity index (χ1n) is 6.96. The minimum atomic E-state index is 0.699. The number of halogens is 1. The van der Waals surface area contributed by atoms with Crippen molar-refractivity contribution in [2.75, 3.05) is 19.6 Å². The van der Waals surface area contributed by atoms with Crippen LogP contribution in [0.1, 0.15) is 25.3 Å². The molecule has 2 aliphatic heterocycles. The zero-order valence-corrected chi connectivity index (χ0v) is 12.6. The summed E-state index contributed by atoms with van der Waals surface area (Å²) in [5.41, 5.74) is 1.43. The fourth-order valence-electron chi connectivity index (χ4n) is 3.43. The summed E-state index contributed by atoms with van der Waals surface area (Å²) in [6, 6.07) is 10.3. The van der Waals surface area contributed by atoms with Crippen LogP contribution in [0.4, 0.5) is 0 Å². The van der Waals surface area contributed by atoms with Crippen molar-refractivity contribution in [3.05, 3.63) is 34.3 Å². The molecule has 1 aromatic carbocycles. The molecule has 2 atom stereocenters. The van der Waals surface area contributed by atoms with E-state index in [1.807, 2.05) is 0 Å². The molecule has 2 unspecified atom stereocenters. The van der Waals surface area contributed by atoms with E-state index in [1.54, 1.807) is 0 Å². The third-order valence-electron chi connectivity index (χ3n) is 4.52. The summed E-state index contributed by atoms with van der Waals surface area (Å²) >= 11 is 3.50. The van der Waals surface area contributed by atoms with Gasteiger partial charge in [-0.2, -0.15) is 0 Å². The monoisotopic (exact) mass is 308 g/mol. The molecule has 2 aliphatic rings. The van der Waals surface area contributed by atoms with Gasteiger partial charge in [-0.25, -0.2) is 0 Å². The molecule has 2 nitrogen and oxygen atoms in total. The lowest BCUT2D eigenvalue weighted by Gasteiger charge is -2.43. The zero-order valence-electron chi connectivity index (χ0n) is 11.0. The van der Waals surface area contributed by atoms with Gasteiger partial charge in [-0.3, -0.25) is 9.80 Å². The van der Waals surface area contributed by atoms with Crippen LogP contribution in [-0.2, 0) is 6.54 Å². The molecule has 2 heterocycles. The fourth-order valence-corrected chi connectivity index (χ4v) is 3.69. The van der Waals surface area contributed by atoms with Crippen LogP contribution >= 0.6 is 15.9 Å². The van der Waals surface area contributed by atoms with Gasteiger partial charge in [0.1, 0.15) is 0 Å². The molecule has 0 N–H and O–H groups in total. The Hall–Kier alpha value is -0.380. The van der Waals surface area contributed by atoms with E-state index in [1.165, 1.54) is 42.5 Å². The topological polar surface area (TPSA) is 6.48 Å². The number of hydrogen-bond donors (Lipinski definition) is 0. The second-order valence-electron chi connectivity index (χ2n) is 5.58. The SMILES string of the molecule is CC1C2CCCN2CCN1Cc1ccc(Br)cc1. The molecule has 0 amide bonds. The maximum Gasteiger partial charge on any atom is 0.0250 e. The van der Waals surface area contributed by atoms with Crippen molar-refractivity contribution < 1.29 is 0 Å². The first-order valence-corrected chi connectivity index (χ1v) is 7.76. The van der Waals surface area contributed by atoms with Gasteiger partial charge in [-0.1, -0.05) is 28.1 Å². The maximum atomic E-state index is 3.50. The molecule has 3 rings (SSSR count). The van der Waals surface area contributed by atoms with E-state index >= 15 is 0 Å². The molecule has 0 radical (unpaired) electrons. The number of benzene rings is 1. The van der Waals surface area contributed by atoms with Gasteiger partial charge in [0.15, 0.2) is 0 Å². The molecule has 0 aliphatic carbocycles. The molecule has 0 aromatic heterocycles. The Balaban J connectivity index is 1.67. The van der Waals surface area contributed by atoms with E-state index in [-0.39, 0.29) is 0 Å². The summed E-state index contributed by atoms with van der Waals surface area (Å²) in [7, 11) is 0. The van der Waals surface area contributed by atoms with Crippen LogP contribution in [0.3, 0.4) is 0 Å².